The van der Waals surface area contributed by atoms with Crippen LogP contribution in [-0.2, 0) is 0 Å². The summed E-state index contributed by atoms with van der Waals surface area (Å²) in [6.45, 7) is 0. The van der Waals surface area contributed by atoms with E-state index >= 15 is 0 Å². The summed E-state index contributed by atoms with van der Waals surface area (Å²) in [6, 6.07) is 0. The molecular formula is C11H16O. The first-order chi connectivity index (χ1) is 5.81. The van der Waals surface area contributed by atoms with Gasteiger partial charge in [-0.1, -0.05) is 0 Å². The summed E-state index contributed by atoms with van der Waals surface area (Å²) in [7, 11) is 0. The summed E-state index contributed by atoms with van der Waals surface area (Å²) >= 11 is 0. The Kier molecular flexibility index (Phi) is 2.11. The maximum Gasteiger partial charge on any atom is 0.0577 e. The molecule has 2 saturated carbocycles. The Labute approximate surface area is 74.2 Å². The fourth-order valence-corrected chi connectivity index (χ4v) is 2.54. The minimum Gasteiger partial charge on any atom is -0.393 e. The minimum atomic E-state index is -0.117. The molecule has 0 saturated heterocycles. The van der Waals surface area contributed by atoms with Crippen LogP contribution in [-0.4, -0.2) is 11.2 Å². The lowest BCUT2D eigenvalue weighted by molar-refractivity contribution is 0.0968. The van der Waals surface area contributed by atoms with E-state index in [9.17, 15) is 5.11 Å². The van der Waals surface area contributed by atoms with Gasteiger partial charge in [-0.3, -0.25) is 0 Å². The average Bonchev–Trinajstić information content (AvgIpc) is 2.69. The maximum atomic E-state index is 9.72. The normalized spacial score (nSPS) is 40.2. The quantitative estimate of drug-likeness (QED) is 0.631. The molecule has 0 amide bonds. The number of terminal acetylenes is 1. The van der Waals surface area contributed by atoms with Crippen LogP contribution in [0.2, 0.25) is 0 Å². The first kappa shape index (κ1) is 8.13. The molecular weight excluding hydrogens is 148 g/mol. The van der Waals surface area contributed by atoms with E-state index in [1.165, 1.54) is 19.3 Å². The predicted octanol–water partition coefficient (Wildman–Crippen LogP) is 1.81. The lowest BCUT2D eigenvalue weighted by Gasteiger charge is -2.18. The summed E-state index contributed by atoms with van der Waals surface area (Å²) in [4.78, 5) is 0. The Morgan fingerprint density at radius 2 is 2.00 bits per heavy atom. The van der Waals surface area contributed by atoms with E-state index in [0.29, 0.717) is 5.92 Å². The van der Waals surface area contributed by atoms with Crippen LogP contribution in [0.15, 0.2) is 0 Å². The second kappa shape index (κ2) is 3.11. The SMILES string of the molecule is C#CCCC(O)C1CC2CC2C1. The summed E-state index contributed by atoms with van der Waals surface area (Å²) in [6.07, 6.45) is 10.5. The van der Waals surface area contributed by atoms with Gasteiger partial charge in [-0.15, -0.1) is 12.3 Å². The van der Waals surface area contributed by atoms with E-state index in [2.05, 4.69) is 5.92 Å². The summed E-state index contributed by atoms with van der Waals surface area (Å²) in [5.74, 6) is 5.09. The molecule has 1 heteroatoms. The summed E-state index contributed by atoms with van der Waals surface area (Å²) in [5, 5.41) is 9.72. The van der Waals surface area contributed by atoms with Gasteiger partial charge in [-0.2, -0.15) is 0 Å². The van der Waals surface area contributed by atoms with Crippen molar-refractivity contribution < 1.29 is 5.11 Å². The van der Waals surface area contributed by atoms with E-state index < -0.39 is 0 Å². The fraction of sp³-hybridized carbons (Fsp3) is 0.818. The molecule has 1 nitrogen and oxygen atoms in total. The molecule has 0 aromatic rings. The van der Waals surface area contributed by atoms with Crippen molar-refractivity contribution in [2.75, 3.05) is 0 Å². The lowest BCUT2D eigenvalue weighted by atomic mass is 9.94. The third kappa shape index (κ3) is 1.49. The van der Waals surface area contributed by atoms with Crippen molar-refractivity contribution >= 4 is 0 Å². The van der Waals surface area contributed by atoms with Gasteiger partial charge >= 0.3 is 0 Å². The Balaban J connectivity index is 1.74. The van der Waals surface area contributed by atoms with Gasteiger partial charge < -0.3 is 5.11 Å². The molecule has 3 atom stereocenters. The second-order valence-electron chi connectivity index (χ2n) is 4.30. The molecule has 0 radical (unpaired) electrons. The van der Waals surface area contributed by atoms with Crippen LogP contribution >= 0.6 is 0 Å². The Hall–Kier alpha value is -0.480. The number of aliphatic hydroxyl groups is 1. The van der Waals surface area contributed by atoms with E-state index in [1.807, 2.05) is 0 Å². The fourth-order valence-electron chi connectivity index (χ4n) is 2.54. The van der Waals surface area contributed by atoms with E-state index in [4.69, 9.17) is 6.42 Å². The van der Waals surface area contributed by atoms with Crippen LogP contribution < -0.4 is 0 Å². The highest BCUT2D eigenvalue weighted by molar-refractivity contribution is 4.98. The van der Waals surface area contributed by atoms with Gasteiger partial charge in [0.15, 0.2) is 0 Å². The van der Waals surface area contributed by atoms with Crippen molar-refractivity contribution in [3.63, 3.8) is 0 Å². The monoisotopic (exact) mass is 164 g/mol. The smallest absolute Gasteiger partial charge is 0.0577 e. The van der Waals surface area contributed by atoms with Crippen molar-refractivity contribution in [2.45, 2.75) is 38.2 Å². The van der Waals surface area contributed by atoms with Crippen molar-refractivity contribution in [3.05, 3.63) is 0 Å². The molecule has 1 N–H and O–H groups in total. The van der Waals surface area contributed by atoms with Crippen molar-refractivity contribution in [1.29, 1.82) is 0 Å². The zero-order chi connectivity index (χ0) is 8.55. The minimum absolute atomic E-state index is 0.117. The molecule has 0 aromatic heterocycles. The van der Waals surface area contributed by atoms with E-state index in [-0.39, 0.29) is 6.10 Å². The molecule has 2 aliphatic carbocycles. The average molecular weight is 164 g/mol. The largest absolute Gasteiger partial charge is 0.393 e. The van der Waals surface area contributed by atoms with Crippen molar-refractivity contribution in [1.82, 2.24) is 0 Å². The molecule has 0 spiro atoms. The molecule has 0 heterocycles. The lowest BCUT2D eigenvalue weighted by Crippen LogP contribution is -2.18. The van der Waals surface area contributed by atoms with Gasteiger partial charge in [0, 0.05) is 6.42 Å². The molecule has 0 aromatic carbocycles. The van der Waals surface area contributed by atoms with Gasteiger partial charge in [0.05, 0.1) is 6.10 Å². The van der Waals surface area contributed by atoms with Gasteiger partial charge in [-0.05, 0) is 43.4 Å². The first-order valence-corrected chi connectivity index (χ1v) is 4.92. The van der Waals surface area contributed by atoms with Gasteiger partial charge in [0.25, 0.3) is 0 Å². The third-order valence-electron chi connectivity index (χ3n) is 3.41. The van der Waals surface area contributed by atoms with Crippen molar-refractivity contribution in [2.24, 2.45) is 17.8 Å². The maximum absolute atomic E-state index is 9.72. The molecule has 12 heavy (non-hydrogen) atoms. The molecule has 66 valence electrons. The standard InChI is InChI=1S/C11H16O/c1-2-3-4-11(12)10-6-8-5-9(8)7-10/h1,8-12H,3-7H2. The zero-order valence-corrected chi connectivity index (χ0v) is 7.37. The van der Waals surface area contributed by atoms with Crippen LogP contribution in [0.25, 0.3) is 0 Å². The Morgan fingerprint density at radius 3 is 2.58 bits per heavy atom. The van der Waals surface area contributed by atoms with Gasteiger partial charge in [-0.25, -0.2) is 0 Å². The summed E-state index contributed by atoms with van der Waals surface area (Å²) < 4.78 is 0. The Bertz CT molecular complexity index is 194. The first-order valence-electron chi connectivity index (χ1n) is 4.92. The third-order valence-corrected chi connectivity index (χ3v) is 3.41. The molecule has 2 aliphatic rings. The molecule has 2 rings (SSSR count). The number of hydrogen-bond acceptors (Lipinski definition) is 1. The zero-order valence-electron chi connectivity index (χ0n) is 7.37. The van der Waals surface area contributed by atoms with Crippen LogP contribution in [0, 0.1) is 30.1 Å². The number of hydrogen-bond donors (Lipinski definition) is 1. The van der Waals surface area contributed by atoms with Crippen LogP contribution in [0.1, 0.15) is 32.1 Å². The van der Waals surface area contributed by atoms with Crippen LogP contribution in [0.3, 0.4) is 0 Å². The summed E-state index contributed by atoms with van der Waals surface area (Å²) in [5.41, 5.74) is 0. The van der Waals surface area contributed by atoms with Crippen molar-refractivity contribution in [3.8, 4) is 12.3 Å². The van der Waals surface area contributed by atoms with Gasteiger partial charge in [0.1, 0.15) is 0 Å². The molecule has 3 unspecified atom stereocenters. The molecule has 0 aliphatic heterocycles. The molecule has 2 fully saturated rings. The van der Waals surface area contributed by atoms with E-state index in [0.717, 1.165) is 24.7 Å². The highest BCUT2D eigenvalue weighted by Crippen LogP contribution is 2.55. The number of rotatable bonds is 3. The second-order valence-corrected chi connectivity index (χ2v) is 4.30. The van der Waals surface area contributed by atoms with Gasteiger partial charge in [0.2, 0.25) is 0 Å². The highest BCUT2D eigenvalue weighted by Gasteiger charge is 2.47. The topological polar surface area (TPSA) is 20.2 Å². The highest BCUT2D eigenvalue weighted by atomic mass is 16.3. The number of aliphatic hydroxyl groups excluding tert-OH is 1. The van der Waals surface area contributed by atoms with E-state index in [1.54, 1.807) is 0 Å². The van der Waals surface area contributed by atoms with Crippen LogP contribution in [0.4, 0.5) is 0 Å². The predicted molar refractivity (Wildman–Crippen MR) is 48.4 cm³/mol. The molecule has 0 bridgehead atoms. The Morgan fingerprint density at radius 1 is 1.33 bits per heavy atom. The number of fused-ring (bicyclic) bond motifs is 1. The van der Waals surface area contributed by atoms with Crippen LogP contribution in [0.5, 0.6) is 0 Å².